The van der Waals surface area contributed by atoms with Gasteiger partial charge < -0.3 is 24.3 Å². The predicted octanol–water partition coefficient (Wildman–Crippen LogP) is 5.45. The van der Waals surface area contributed by atoms with Gasteiger partial charge in [0.15, 0.2) is 0 Å². The Morgan fingerprint density at radius 3 is 2.43 bits per heavy atom. The van der Waals surface area contributed by atoms with E-state index < -0.39 is 0 Å². The first-order chi connectivity index (χ1) is 23.7. The molecule has 4 aromatic rings. The first-order valence-electron chi connectivity index (χ1n) is 17.1. The van der Waals surface area contributed by atoms with Crippen LogP contribution in [-0.2, 0) is 16.0 Å². The molecule has 1 saturated carbocycles. The van der Waals surface area contributed by atoms with E-state index >= 15 is 0 Å². The number of tetrazole rings is 1. The van der Waals surface area contributed by atoms with Crippen LogP contribution in [0.2, 0.25) is 5.02 Å². The maximum atomic E-state index is 6.47. The molecule has 0 spiro atoms. The van der Waals surface area contributed by atoms with E-state index in [0.717, 1.165) is 55.6 Å². The molecule has 14 nitrogen and oxygen atoms in total. The molecule has 2 fully saturated rings. The van der Waals surface area contributed by atoms with Crippen molar-refractivity contribution >= 4 is 23.2 Å². The molecular weight excluding hydrogens is 648 g/mol. The van der Waals surface area contributed by atoms with E-state index in [2.05, 4.69) is 61.2 Å². The number of methoxy groups -OCH3 is 1. The number of morpholine rings is 1. The minimum atomic E-state index is -0.207. The fourth-order valence-electron chi connectivity index (χ4n) is 6.73. The molecule has 1 N–H and O–H groups in total. The zero-order valence-corrected chi connectivity index (χ0v) is 29.7. The van der Waals surface area contributed by atoms with Gasteiger partial charge in [-0.15, -0.1) is 10.2 Å². The van der Waals surface area contributed by atoms with E-state index in [-0.39, 0.29) is 24.2 Å². The molecular formula is C34H47ClN10O4. The monoisotopic (exact) mass is 694 g/mol. The Labute approximate surface area is 292 Å². The van der Waals surface area contributed by atoms with Crippen LogP contribution in [0.1, 0.15) is 59.4 Å². The number of aromatic nitrogens is 8. The molecule has 0 bridgehead atoms. The summed E-state index contributed by atoms with van der Waals surface area (Å²) in [4.78, 5) is 11.9. The highest BCUT2D eigenvalue weighted by Gasteiger charge is 2.32. The topological polar surface area (TPSA) is 139 Å². The molecule has 1 aromatic carbocycles. The van der Waals surface area contributed by atoms with Crippen molar-refractivity contribution in [2.24, 2.45) is 5.92 Å². The molecule has 2 unspecified atom stereocenters. The summed E-state index contributed by atoms with van der Waals surface area (Å²) in [6, 6.07) is 6.48. The molecule has 4 heterocycles. The van der Waals surface area contributed by atoms with Gasteiger partial charge >= 0.3 is 0 Å². The molecule has 1 aliphatic carbocycles. The lowest BCUT2D eigenvalue weighted by Crippen LogP contribution is -2.51. The number of nitrogens with zero attached hydrogens (tertiary/aromatic N) is 9. The zero-order chi connectivity index (χ0) is 34.3. The Balaban J connectivity index is 1.13. The Morgan fingerprint density at radius 2 is 1.73 bits per heavy atom. The molecule has 4 atom stereocenters. The fourth-order valence-corrected chi connectivity index (χ4v) is 6.89. The van der Waals surface area contributed by atoms with Crippen LogP contribution >= 0.6 is 11.6 Å². The number of rotatable bonds is 14. The van der Waals surface area contributed by atoms with Gasteiger partial charge in [0, 0.05) is 50.1 Å². The molecule has 6 rings (SSSR count). The molecule has 0 radical (unpaired) electrons. The van der Waals surface area contributed by atoms with Gasteiger partial charge in [0.25, 0.3) is 5.88 Å². The summed E-state index contributed by atoms with van der Waals surface area (Å²) >= 11 is 6.47. The number of hydrogen-bond donors (Lipinski definition) is 1. The van der Waals surface area contributed by atoms with Crippen LogP contribution in [0.3, 0.4) is 0 Å². The maximum absolute atomic E-state index is 6.47. The molecule has 264 valence electrons. The van der Waals surface area contributed by atoms with E-state index in [1.807, 2.05) is 25.3 Å². The Hall–Kier alpha value is -3.85. The van der Waals surface area contributed by atoms with Crippen molar-refractivity contribution in [3.05, 3.63) is 48.1 Å². The Bertz CT molecular complexity index is 1600. The standard InChI is InChI=1S/C34H47ClN10O4/c1-22(19-46-5)20-47-33-31(18-45(40-33)29-9-7-28(8-10-29)43-15-23(2)48-24(3)16-43)39-34-36-13-27(14-37-34)26-6-11-30(35)32(12-26)49-25(4)17-44-21-38-41-42-44/h6,11-14,18,21-25,28-29H,7-10,15-17,19-20H2,1-5H3,(H,36,37,39)/t22?,23-,24+,25?,28?,29?. The predicted molar refractivity (Wildman–Crippen MR) is 185 cm³/mol. The second-order valence-corrected chi connectivity index (χ2v) is 13.8. The quantitative estimate of drug-likeness (QED) is 0.180. The molecule has 1 saturated heterocycles. The van der Waals surface area contributed by atoms with Crippen LogP contribution in [0.15, 0.2) is 43.1 Å². The third-order valence-corrected chi connectivity index (χ3v) is 9.30. The number of benzene rings is 1. The smallest absolute Gasteiger partial charge is 0.256 e. The molecule has 1 aliphatic heterocycles. The third-order valence-electron chi connectivity index (χ3n) is 8.99. The van der Waals surface area contributed by atoms with Gasteiger partial charge in [0.05, 0.1) is 49.2 Å². The maximum Gasteiger partial charge on any atom is 0.256 e. The van der Waals surface area contributed by atoms with Gasteiger partial charge in [0.2, 0.25) is 5.95 Å². The van der Waals surface area contributed by atoms with Gasteiger partial charge in [-0.2, -0.15) is 0 Å². The second kappa shape index (κ2) is 16.2. The molecule has 3 aromatic heterocycles. The summed E-state index contributed by atoms with van der Waals surface area (Å²) in [7, 11) is 1.70. The lowest BCUT2D eigenvalue weighted by molar-refractivity contribution is -0.0852. The van der Waals surface area contributed by atoms with E-state index in [9.17, 15) is 0 Å². The van der Waals surface area contributed by atoms with Crippen LogP contribution in [-0.4, -0.2) is 103 Å². The highest BCUT2D eigenvalue weighted by Crippen LogP contribution is 2.36. The number of nitrogens with one attached hydrogen (secondary N) is 1. The Morgan fingerprint density at radius 1 is 1.00 bits per heavy atom. The van der Waals surface area contributed by atoms with Crippen LogP contribution in [0.4, 0.5) is 11.6 Å². The molecule has 2 aliphatic rings. The first kappa shape index (κ1) is 35.0. The third kappa shape index (κ3) is 9.24. The fraction of sp³-hybridized carbons (Fsp3) is 0.588. The van der Waals surface area contributed by atoms with Gasteiger partial charge in [-0.1, -0.05) is 24.6 Å². The van der Waals surface area contributed by atoms with Gasteiger partial charge in [-0.05, 0) is 74.6 Å². The summed E-state index contributed by atoms with van der Waals surface area (Å²) in [5.41, 5.74) is 2.43. The number of hydrogen-bond acceptors (Lipinski definition) is 12. The van der Waals surface area contributed by atoms with E-state index in [0.29, 0.717) is 54.4 Å². The number of anilines is 2. The summed E-state index contributed by atoms with van der Waals surface area (Å²) in [6.07, 6.45) is 11.8. The summed E-state index contributed by atoms with van der Waals surface area (Å²) in [5.74, 6) is 1.74. The van der Waals surface area contributed by atoms with E-state index in [1.54, 1.807) is 36.6 Å². The summed E-state index contributed by atoms with van der Waals surface area (Å²) < 4.78 is 27.3. The highest BCUT2D eigenvalue weighted by molar-refractivity contribution is 6.32. The lowest BCUT2D eigenvalue weighted by atomic mass is 9.89. The van der Waals surface area contributed by atoms with Crippen molar-refractivity contribution in [2.75, 3.05) is 38.7 Å². The van der Waals surface area contributed by atoms with Gasteiger partial charge in [0.1, 0.15) is 23.9 Å². The van der Waals surface area contributed by atoms with Crippen LogP contribution in [0.25, 0.3) is 11.1 Å². The van der Waals surface area contributed by atoms with E-state index in [4.69, 9.17) is 35.6 Å². The largest absolute Gasteiger partial charge is 0.487 e. The van der Waals surface area contributed by atoms with Crippen molar-refractivity contribution in [3.63, 3.8) is 0 Å². The van der Waals surface area contributed by atoms with E-state index in [1.165, 1.54) is 0 Å². The number of ether oxygens (including phenoxy) is 4. The average Bonchev–Trinajstić information content (AvgIpc) is 3.75. The average molecular weight is 695 g/mol. The second-order valence-electron chi connectivity index (χ2n) is 13.4. The number of halogens is 1. The van der Waals surface area contributed by atoms with Crippen molar-refractivity contribution in [2.45, 2.75) is 90.3 Å². The van der Waals surface area contributed by atoms with Crippen molar-refractivity contribution in [1.82, 2.24) is 44.9 Å². The van der Waals surface area contributed by atoms with Crippen molar-refractivity contribution in [3.8, 4) is 22.8 Å². The Kier molecular flexibility index (Phi) is 11.6. The van der Waals surface area contributed by atoms with Crippen LogP contribution in [0, 0.1) is 5.92 Å². The van der Waals surface area contributed by atoms with Crippen molar-refractivity contribution < 1.29 is 18.9 Å². The lowest BCUT2D eigenvalue weighted by Gasteiger charge is -2.42. The minimum Gasteiger partial charge on any atom is -0.487 e. The molecule has 49 heavy (non-hydrogen) atoms. The molecule has 15 heteroatoms. The highest BCUT2D eigenvalue weighted by atomic mass is 35.5. The minimum absolute atomic E-state index is 0.207. The normalized spacial score (nSPS) is 22.8. The zero-order valence-electron chi connectivity index (χ0n) is 28.9. The summed E-state index contributed by atoms with van der Waals surface area (Å²) in [5, 5.41) is 20.0. The first-order valence-corrected chi connectivity index (χ1v) is 17.5. The van der Waals surface area contributed by atoms with Gasteiger partial charge in [-0.3, -0.25) is 9.58 Å². The van der Waals surface area contributed by atoms with Crippen molar-refractivity contribution in [1.29, 1.82) is 0 Å². The van der Waals surface area contributed by atoms with Crippen LogP contribution < -0.4 is 14.8 Å². The molecule has 0 amide bonds. The van der Waals surface area contributed by atoms with Gasteiger partial charge in [-0.25, -0.2) is 14.6 Å². The summed E-state index contributed by atoms with van der Waals surface area (Å²) in [6.45, 7) is 11.9. The SMILES string of the molecule is COCC(C)COc1nn(C2CCC(N3C[C@@H](C)O[C@@H](C)C3)CC2)cc1Nc1ncc(-c2ccc(Cl)c(OC(C)Cn3cnnn3)c2)cn1. The van der Waals surface area contributed by atoms with Crippen LogP contribution in [0.5, 0.6) is 11.6 Å².